The first-order valence-electron chi connectivity index (χ1n) is 2.95. The zero-order valence-electron chi connectivity index (χ0n) is 8.05. The van der Waals surface area contributed by atoms with Gasteiger partial charge in [-0.25, -0.2) is 0 Å². The molecular formula is C6H11NaO3S. The van der Waals surface area contributed by atoms with E-state index in [1.54, 1.807) is 6.92 Å². The van der Waals surface area contributed by atoms with E-state index in [9.17, 15) is 8.42 Å². The van der Waals surface area contributed by atoms with E-state index < -0.39 is 10.1 Å². The summed E-state index contributed by atoms with van der Waals surface area (Å²) < 4.78 is 25.6. The summed E-state index contributed by atoms with van der Waals surface area (Å²) in [6, 6.07) is 0. The second-order valence-corrected chi connectivity index (χ2v) is 3.39. The van der Waals surface area contributed by atoms with E-state index in [4.69, 9.17) is 0 Å². The molecule has 0 aromatic heterocycles. The Balaban J connectivity index is -0.000000405. The zero-order chi connectivity index (χ0) is 8.04. The zero-order valence-corrected chi connectivity index (χ0v) is 9.86. The first-order chi connectivity index (χ1) is 4.62. The predicted octanol–water partition coefficient (Wildman–Crippen LogP) is -2.16. The van der Waals surface area contributed by atoms with Crippen LogP contribution in [0.4, 0.5) is 0 Å². The van der Waals surface area contributed by atoms with Crippen molar-refractivity contribution in [3.63, 3.8) is 0 Å². The Bertz CT molecular complexity index is 239. The summed E-state index contributed by atoms with van der Waals surface area (Å²) in [6.45, 7) is 3.28. The fraction of sp³-hybridized carbons (Fsp3) is 0.667. The van der Waals surface area contributed by atoms with Gasteiger partial charge in [0.1, 0.15) is 6.11 Å². The molecule has 0 N–H and O–H groups in total. The van der Waals surface area contributed by atoms with Crippen LogP contribution in [0, 0.1) is 12.0 Å². The average Bonchev–Trinajstić information content (AvgIpc) is 1.84. The number of hydrogen-bond acceptors (Lipinski definition) is 3. The van der Waals surface area contributed by atoms with Gasteiger partial charge in [0.25, 0.3) is 0 Å². The van der Waals surface area contributed by atoms with Crippen LogP contribution >= 0.6 is 0 Å². The van der Waals surface area contributed by atoms with Gasteiger partial charge in [-0.1, -0.05) is 12.8 Å². The van der Waals surface area contributed by atoms with Gasteiger partial charge in [0, 0.05) is 6.92 Å². The minimum atomic E-state index is -3.37. The average molecular weight is 186 g/mol. The fourth-order valence-corrected chi connectivity index (χ4v) is 1.19. The first kappa shape index (κ1) is 13.9. The van der Waals surface area contributed by atoms with Gasteiger partial charge >= 0.3 is 39.7 Å². The SMILES string of the molecule is CC#COS(=O)(=O)CCC.[H-].[Na+]. The van der Waals surface area contributed by atoms with Gasteiger partial charge < -0.3 is 5.61 Å². The predicted molar refractivity (Wildman–Crippen MR) is 39.7 cm³/mol. The van der Waals surface area contributed by atoms with Gasteiger partial charge in [0.2, 0.25) is 0 Å². The van der Waals surface area contributed by atoms with Gasteiger partial charge in [-0.15, -0.1) is 0 Å². The van der Waals surface area contributed by atoms with E-state index in [1.807, 2.05) is 6.11 Å². The van der Waals surface area contributed by atoms with Crippen LogP contribution in [0.2, 0.25) is 0 Å². The smallest absolute Gasteiger partial charge is 1.00 e. The maximum absolute atomic E-state index is 10.7. The topological polar surface area (TPSA) is 43.4 Å². The largest absolute Gasteiger partial charge is 1.00 e. The number of rotatable bonds is 3. The van der Waals surface area contributed by atoms with Crippen molar-refractivity contribution in [3.05, 3.63) is 0 Å². The molecule has 3 nitrogen and oxygen atoms in total. The minimum absolute atomic E-state index is 0. The molecule has 0 saturated carbocycles. The van der Waals surface area contributed by atoms with Crippen LogP contribution in [0.25, 0.3) is 0 Å². The van der Waals surface area contributed by atoms with Gasteiger partial charge in [0.15, 0.2) is 0 Å². The van der Waals surface area contributed by atoms with E-state index in [1.165, 1.54) is 6.92 Å². The summed E-state index contributed by atoms with van der Waals surface area (Å²) in [5.74, 6) is 2.36. The molecule has 0 aliphatic heterocycles. The molecule has 0 aromatic rings. The second-order valence-electron chi connectivity index (χ2n) is 1.70. The van der Waals surface area contributed by atoms with Crippen LogP contribution in [0.1, 0.15) is 21.7 Å². The molecule has 0 heterocycles. The molecule has 0 rings (SSSR count). The molecule has 0 amide bonds. The summed E-state index contributed by atoms with van der Waals surface area (Å²) in [7, 11) is -3.37. The minimum Gasteiger partial charge on any atom is -1.00 e. The fourth-order valence-electron chi connectivity index (χ4n) is 0.397. The molecule has 0 unspecified atom stereocenters. The Kier molecular flexibility index (Phi) is 8.81. The van der Waals surface area contributed by atoms with Crippen LogP contribution in [-0.2, 0) is 14.3 Å². The van der Waals surface area contributed by atoms with E-state index in [0.29, 0.717) is 6.42 Å². The Morgan fingerprint density at radius 3 is 2.45 bits per heavy atom. The molecule has 0 spiro atoms. The molecule has 0 bridgehead atoms. The Morgan fingerprint density at radius 1 is 1.55 bits per heavy atom. The molecule has 5 heteroatoms. The third kappa shape index (κ3) is 8.21. The summed E-state index contributed by atoms with van der Waals surface area (Å²) in [4.78, 5) is 0. The van der Waals surface area contributed by atoms with Crippen molar-refractivity contribution in [2.75, 3.05) is 5.75 Å². The van der Waals surface area contributed by atoms with Crippen LogP contribution in [-0.4, -0.2) is 14.2 Å². The Morgan fingerprint density at radius 2 is 2.09 bits per heavy atom. The quantitative estimate of drug-likeness (QED) is 0.286. The van der Waals surface area contributed by atoms with Crippen LogP contribution in [0.15, 0.2) is 0 Å². The molecular weight excluding hydrogens is 175 g/mol. The normalized spacial score (nSPS) is 8.91. The molecule has 0 radical (unpaired) electrons. The van der Waals surface area contributed by atoms with Crippen LogP contribution in [0.3, 0.4) is 0 Å². The third-order valence-corrected chi connectivity index (χ3v) is 1.97. The molecule has 11 heavy (non-hydrogen) atoms. The van der Waals surface area contributed by atoms with E-state index >= 15 is 0 Å². The van der Waals surface area contributed by atoms with Gasteiger partial charge in [0.05, 0.1) is 5.75 Å². The van der Waals surface area contributed by atoms with Crippen molar-refractivity contribution in [2.24, 2.45) is 0 Å². The van der Waals surface area contributed by atoms with E-state index in [2.05, 4.69) is 10.1 Å². The summed E-state index contributed by atoms with van der Waals surface area (Å²) in [5, 5.41) is 0. The number of hydrogen-bond donors (Lipinski definition) is 0. The van der Waals surface area contributed by atoms with Crippen LogP contribution < -0.4 is 29.6 Å². The third-order valence-electron chi connectivity index (χ3n) is 0.725. The summed E-state index contributed by atoms with van der Waals surface area (Å²) >= 11 is 0. The standard InChI is InChI=1S/C6H10O3S.Na.H/c1-3-5-9-10(7,8)6-4-2;;/h4,6H2,1-2H3;;/q;+1;-1. The summed E-state index contributed by atoms with van der Waals surface area (Å²) in [6.07, 6.45) is 2.58. The molecule has 0 aliphatic rings. The van der Waals surface area contributed by atoms with Gasteiger partial charge in [-0.3, -0.25) is 0 Å². The van der Waals surface area contributed by atoms with Crippen molar-refractivity contribution in [1.29, 1.82) is 0 Å². The van der Waals surface area contributed by atoms with E-state index in [-0.39, 0.29) is 36.7 Å². The molecule has 0 aliphatic carbocycles. The molecule has 0 fully saturated rings. The molecule has 0 saturated heterocycles. The van der Waals surface area contributed by atoms with Crippen molar-refractivity contribution < 1.29 is 43.6 Å². The monoisotopic (exact) mass is 186 g/mol. The van der Waals surface area contributed by atoms with Gasteiger partial charge in [-0.2, -0.15) is 8.42 Å². The van der Waals surface area contributed by atoms with Crippen molar-refractivity contribution >= 4 is 10.1 Å². The Hall–Kier alpha value is 0.310. The Labute approximate surface area is 91.4 Å². The van der Waals surface area contributed by atoms with Crippen molar-refractivity contribution in [2.45, 2.75) is 20.3 Å². The van der Waals surface area contributed by atoms with Crippen LogP contribution in [0.5, 0.6) is 0 Å². The van der Waals surface area contributed by atoms with Crippen molar-refractivity contribution in [3.8, 4) is 12.0 Å². The molecule has 0 aromatic carbocycles. The first-order valence-corrected chi connectivity index (χ1v) is 4.53. The van der Waals surface area contributed by atoms with E-state index in [0.717, 1.165) is 0 Å². The van der Waals surface area contributed by atoms with Gasteiger partial charge in [-0.05, 0) is 6.42 Å². The van der Waals surface area contributed by atoms with Crippen molar-refractivity contribution in [1.82, 2.24) is 0 Å². The molecule has 60 valence electrons. The maximum atomic E-state index is 10.7. The summed E-state index contributed by atoms with van der Waals surface area (Å²) in [5.41, 5.74) is 0. The second kappa shape index (κ2) is 6.99. The molecule has 0 atom stereocenters. The maximum Gasteiger partial charge on any atom is 1.00 e.